The van der Waals surface area contributed by atoms with Crippen molar-refractivity contribution < 1.29 is 17.8 Å². The number of ketones is 1. The largest absolute Gasteiger partial charge is 0.291 e. The van der Waals surface area contributed by atoms with Crippen molar-refractivity contribution in [2.24, 2.45) is 12.5 Å². The molecule has 1 unspecified atom stereocenters. The van der Waals surface area contributed by atoms with Gasteiger partial charge in [0.25, 0.3) is 0 Å². The lowest BCUT2D eigenvalue weighted by molar-refractivity contribution is 0.0733. The molecule has 0 amide bonds. The van der Waals surface area contributed by atoms with Crippen molar-refractivity contribution in [1.29, 1.82) is 0 Å². The molecule has 3 aliphatic rings. The van der Waals surface area contributed by atoms with E-state index in [1.165, 1.54) is 35.5 Å². The number of hydrogen-bond donors (Lipinski definition) is 0. The number of rotatable bonds is 7. The van der Waals surface area contributed by atoms with Crippen LogP contribution in [0.5, 0.6) is 0 Å². The Hall–Kier alpha value is -4.17. The molecule has 42 heavy (non-hydrogen) atoms. The van der Waals surface area contributed by atoms with Gasteiger partial charge in [-0.05, 0) is 62.2 Å². The summed E-state index contributed by atoms with van der Waals surface area (Å²) in [4.78, 5) is 26.6. The van der Waals surface area contributed by atoms with Gasteiger partial charge in [-0.1, -0.05) is 10.8 Å². The first-order chi connectivity index (χ1) is 20.2. The number of pyridine rings is 2. The Balaban J connectivity index is 1.32. The van der Waals surface area contributed by atoms with Crippen LogP contribution in [0.1, 0.15) is 54.0 Å². The minimum atomic E-state index is -3.06. The van der Waals surface area contributed by atoms with Crippen molar-refractivity contribution in [1.82, 2.24) is 44.0 Å². The van der Waals surface area contributed by atoms with Gasteiger partial charge in [0.15, 0.2) is 5.78 Å². The number of aromatic nitrogens is 8. The van der Waals surface area contributed by atoms with Gasteiger partial charge in [-0.15, -0.1) is 10.2 Å². The maximum Gasteiger partial charge on any atom is 0.244 e. The molecule has 0 aliphatic heterocycles. The van der Waals surface area contributed by atoms with E-state index in [1.54, 1.807) is 17.8 Å². The van der Waals surface area contributed by atoms with Crippen LogP contribution in [0.25, 0.3) is 11.8 Å². The second-order valence-electron chi connectivity index (χ2n) is 11.1. The number of allylic oxidation sites excluding steroid dienone is 1. The van der Waals surface area contributed by atoms with E-state index in [2.05, 4.69) is 36.2 Å². The van der Waals surface area contributed by atoms with Gasteiger partial charge >= 0.3 is 0 Å². The maximum absolute atomic E-state index is 14.4. The highest BCUT2D eigenvalue weighted by molar-refractivity contribution is 7.98. The van der Waals surface area contributed by atoms with Gasteiger partial charge in [0, 0.05) is 37.8 Å². The predicted molar refractivity (Wildman–Crippen MR) is 149 cm³/mol. The minimum Gasteiger partial charge on any atom is -0.291 e. The smallest absolute Gasteiger partial charge is 0.244 e. The number of hydrogen-bond acceptors (Lipinski definition) is 8. The van der Waals surface area contributed by atoms with Crippen LogP contribution in [0, 0.1) is 17.2 Å². The molecule has 11 nitrogen and oxygen atoms in total. The Morgan fingerprint density at radius 3 is 2.67 bits per heavy atom. The van der Waals surface area contributed by atoms with E-state index >= 15 is 0 Å². The standard InChI is InChI=1S/C28H27F2N9O2S/c1-37-16-33-27(35-37)42(2,41)39(19-5-6-19)20-4-3-17-11-24-23(34-36-38(24)21-7-8-25(30)32-15-21)14-28(17,13-20)26(40)22-12-18(29)9-10-31-22/h7-12,15-16,19-20H,2-6,13-14H2,1H3/t20-,28+,42?/m0/s1. The fourth-order valence-corrected chi connectivity index (χ4v) is 8.31. The van der Waals surface area contributed by atoms with Gasteiger partial charge in [-0.3, -0.25) is 14.5 Å². The molecule has 3 aliphatic carbocycles. The normalized spacial score (nSPS) is 23.1. The van der Waals surface area contributed by atoms with E-state index in [-0.39, 0.29) is 35.1 Å². The second kappa shape index (κ2) is 9.70. The van der Waals surface area contributed by atoms with Gasteiger partial charge in [0.05, 0.1) is 38.4 Å². The molecule has 216 valence electrons. The molecular weight excluding hydrogens is 564 g/mol. The molecule has 0 saturated heterocycles. The molecule has 7 rings (SSSR count). The van der Waals surface area contributed by atoms with E-state index in [0.29, 0.717) is 36.3 Å². The van der Waals surface area contributed by atoms with Crippen molar-refractivity contribution in [3.63, 3.8) is 0 Å². The molecular formula is C28H27F2N9O2S. The first-order valence-corrected chi connectivity index (χ1v) is 15.3. The van der Waals surface area contributed by atoms with Crippen molar-refractivity contribution in [3.05, 3.63) is 77.4 Å². The Labute approximate surface area is 240 Å². The highest BCUT2D eigenvalue weighted by atomic mass is 32.2. The highest BCUT2D eigenvalue weighted by Crippen LogP contribution is 2.52. The summed E-state index contributed by atoms with van der Waals surface area (Å²) in [6, 6.07) is 4.88. The lowest BCUT2D eigenvalue weighted by atomic mass is 9.61. The molecule has 0 bridgehead atoms. The molecule has 0 spiro atoms. The zero-order chi connectivity index (χ0) is 29.2. The number of carbonyl (C=O) groups excluding carboxylic acids is 1. The predicted octanol–water partition coefficient (Wildman–Crippen LogP) is 2.98. The Morgan fingerprint density at radius 1 is 1.14 bits per heavy atom. The molecule has 0 radical (unpaired) electrons. The molecule has 3 atom stereocenters. The molecule has 4 aromatic heterocycles. The number of Topliss-reactive ketones (excluding diaryl/α,β-unsaturated/α-hetero) is 1. The molecule has 4 aromatic rings. The van der Waals surface area contributed by atoms with E-state index in [0.717, 1.165) is 24.5 Å². The Bertz CT molecular complexity index is 1850. The van der Waals surface area contributed by atoms with Gasteiger partial charge in [0.2, 0.25) is 11.1 Å². The van der Waals surface area contributed by atoms with Gasteiger partial charge in [-0.25, -0.2) is 27.6 Å². The average Bonchev–Trinajstić information content (AvgIpc) is 3.55. The summed E-state index contributed by atoms with van der Waals surface area (Å²) >= 11 is 0. The Morgan fingerprint density at radius 2 is 1.98 bits per heavy atom. The Kier molecular flexibility index (Phi) is 6.17. The molecule has 4 heterocycles. The summed E-state index contributed by atoms with van der Waals surface area (Å²) < 4.78 is 47.1. The maximum atomic E-state index is 14.4. The van der Waals surface area contributed by atoms with E-state index in [9.17, 15) is 17.8 Å². The third kappa shape index (κ3) is 4.36. The van der Waals surface area contributed by atoms with Gasteiger partial charge in [0.1, 0.15) is 17.8 Å². The second-order valence-corrected chi connectivity index (χ2v) is 13.2. The molecule has 0 N–H and O–H groups in total. The lowest BCUT2D eigenvalue weighted by Crippen LogP contribution is -2.51. The van der Waals surface area contributed by atoms with Crippen LogP contribution in [0.15, 0.2) is 53.7 Å². The fourth-order valence-electron chi connectivity index (χ4n) is 6.30. The number of nitrogens with zero attached hydrogens (tertiary/aromatic N) is 9. The summed E-state index contributed by atoms with van der Waals surface area (Å²) in [5.41, 5.74) is 1.49. The van der Waals surface area contributed by atoms with Gasteiger partial charge < -0.3 is 0 Å². The van der Waals surface area contributed by atoms with Crippen molar-refractivity contribution in [2.75, 3.05) is 0 Å². The topological polar surface area (TPSA) is 125 Å². The summed E-state index contributed by atoms with van der Waals surface area (Å²) in [6.45, 7) is 0. The summed E-state index contributed by atoms with van der Waals surface area (Å²) in [5, 5.41) is 13.2. The fraction of sp³-hybridized carbons (Fsp3) is 0.357. The minimum absolute atomic E-state index is 0.0137. The van der Waals surface area contributed by atoms with E-state index in [1.807, 2.05) is 10.4 Å². The number of halogens is 2. The first-order valence-electron chi connectivity index (χ1n) is 13.6. The van der Waals surface area contributed by atoms with Crippen LogP contribution < -0.4 is 0 Å². The highest BCUT2D eigenvalue weighted by Gasteiger charge is 2.53. The van der Waals surface area contributed by atoms with Gasteiger partial charge in [-0.2, -0.15) is 4.39 Å². The zero-order valence-corrected chi connectivity index (χ0v) is 23.5. The molecule has 2 saturated carbocycles. The van der Waals surface area contributed by atoms with Crippen molar-refractivity contribution in [3.8, 4) is 5.69 Å². The summed E-state index contributed by atoms with van der Waals surface area (Å²) in [7, 11) is -1.35. The molecule has 14 heteroatoms. The molecule has 2 fully saturated rings. The van der Waals surface area contributed by atoms with Crippen LogP contribution in [-0.2, 0) is 23.2 Å². The zero-order valence-electron chi connectivity index (χ0n) is 22.7. The molecule has 0 aromatic carbocycles. The third-order valence-corrected chi connectivity index (χ3v) is 10.4. The average molecular weight is 592 g/mol. The van der Waals surface area contributed by atoms with Crippen LogP contribution in [0.2, 0.25) is 0 Å². The number of aryl methyl sites for hydroxylation is 1. The van der Waals surface area contributed by atoms with Crippen molar-refractivity contribution in [2.45, 2.75) is 55.8 Å². The lowest BCUT2D eigenvalue weighted by Gasteiger charge is -2.46. The third-order valence-electron chi connectivity index (χ3n) is 8.32. The van der Waals surface area contributed by atoms with Crippen molar-refractivity contribution >= 4 is 27.4 Å². The first kappa shape index (κ1) is 26.7. The number of carbonyl (C=O) groups is 1. The van der Waals surface area contributed by atoms with Crippen LogP contribution >= 0.6 is 0 Å². The quantitative estimate of drug-likeness (QED) is 0.183. The van der Waals surface area contributed by atoms with Crippen LogP contribution in [0.3, 0.4) is 0 Å². The summed E-state index contributed by atoms with van der Waals surface area (Å²) in [5.74, 6) is 2.61. The monoisotopic (exact) mass is 591 g/mol. The van der Waals surface area contributed by atoms with Crippen LogP contribution in [0.4, 0.5) is 8.78 Å². The van der Waals surface area contributed by atoms with E-state index < -0.39 is 26.9 Å². The summed E-state index contributed by atoms with van der Waals surface area (Å²) in [6.07, 6.45) is 9.37. The SMILES string of the molecule is C=S(=O)(c1ncn(C)n1)N(C1CC1)[C@H]1CCC2=Cc3c(nnn3-c3ccc(F)nc3)C[C@]2(C(=O)c2cc(F)ccn2)C1. The van der Waals surface area contributed by atoms with Crippen LogP contribution in [-0.4, -0.2) is 72.0 Å². The van der Waals surface area contributed by atoms with E-state index in [4.69, 9.17) is 0 Å². The number of fused-ring (bicyclic) bond motifs is 2.